The summed E-state index contributed by atoms with van der Waals surface area (Å²) < 4.78 is 0.540. The van der Waals surface area contributed by atoms with Crippen molar-refractivity contribution in [2.45, 2.75) is 89.3 Å². The third-order valence-electron chi connectivity index (χ3n) is 5.76. The number of thioether (sulfide) groups is 1. The van der Waals surface area contributed by atoms with E-state index in [4.69, 9.17) is 0 Å². The van der Waals surface area contributed by atoms with E-state index >= 15 is 0 Å². The van der Waals surface area contributed by atoms with Crippen LogP contribution >= 0.6 is 11.8 Å². The van der Waals surface area contributed by atoms with Gasteiger partial charge in [0, 0.05) is 17.3 Å². The quantitative estimate of drug-likeness (QED) is 0.761. The van der Waals surface area contributed by atoms with Crippen LogP contribution in [0.25, 0.3) is 0 Å². The predicted molar refractivity (Wildman–Crippen MR) is 92.5 cm³/mol. The summed E-state index contributed by atoms with van der Waals surface area (Å²) in [4.78, 5) is 0. The van der Waals surface area contributed by atoms with E-state index in [0.29, 0.717) is 10.2 Å². The minimum Gasteiger partial charge on any atom is -0.312 e. The van der Waals surface area contributed by atoms with E-state index in [2.05, 4.69) is 44.1 Å². The van der Waals surface area contributed by atoms with Crippen molar-refractivity contribution in [2.75, 3.05) is 12.8 Å². The van der Waals surface area contributed by atoms with E-state index in [1.165, 1.54) is 64.3 Å². The lowest BCUT2D eigenvalue weighted by molar-refractivity contribution is 0.127. The summed E-state index contributed by atoms with van der Waals surface area (Å²) in [6.07, 6.45) is 15.2. The molecule has 2 rings (SSSR count). The molecule has 0 amide bonds. The van der Waals surface area contributed by atoms with Gasteiger partial charge in [-0.3, -0.25) is 0 Å². The topological polar surface area (TPSA) is 12.0 Å². The van der Waals surface area contributed by atoms with E-state index in [0.717, 1.165) is 12.0 Å². The molecule has 0 saturated heterocycles. The number of hydrogen-bond donors (Lipinski definition) is 1. The van der Waals surface area contributed by atoms with Crippen LogP contribution in [0.5, 0.6) is 0 Å². The molecule has 0 aromatic heterocycles. The van der Waals surface area contributed by atoms with E-state index in [-0.39, 0.29) is 0 Å². The zero-order chi connectivity index (χ0) is 14.6. The van der Waals surface area contributed by atoms with Gasteiger partial charge in [-0.15, -0.1) is 0 Å². The van der Waals surface area contributed by atoms with Gasteiger partial charge in [-0.2, -0.15) is 11.8 Å². The van der Waals surface area contributed by atoms with Crippen LogP contribution in [0.4, 0.5) is 0 Å². The molecule has 0 spiro atoms. The Hall–Kier alpha value is 0.310. The summed E-state index contributed by atoms with van der Waals surface area (Å²) in [6.45, 7) is 8.54. The first-order chi connectivity index (χ1) is 9.47. The molecule has 0 aliphatic heterocycles. The third-order valence-corrected chi connectivity index (χ3v) is 7.18. The highest BCUT2D eigenvalue weighted by Gasteiger charge is 2.36. The Morgan fingerprint density at radius 3 is 2.25 bits per heavy atom. The molecular weight excluding hydrogens is 262 g/mol. The van der Waals surface area contributed by atoms with Gasteiger partial charge in [-0.05, 0) is 43.3 Å². The first kappa shape index (κ1) is 16.7. The maximum atomic E-state index is 4.02. The summed E-state index contributed by atoms with van der Waals surface area (Å²) in [5, 5.41) is 4.02. The van der Waals surface area contributed by atoms with Crippen molar-refractivity contribution in [3.8, 4) is 0 Å². The van der Waals surface area contributed by atoms with E-state index < -0.39 is 0 Å². The van der Waals surface area contributed by atoms with Crippen molar-refractivity contribution in [1.82, 2.24) is 5.32 Å². The first-order valence-electron chi connectivity index (χ1n) is 8.75. The molecule has 2 aliphatic carbocycles. The van der Waals surface area contributed by atoms with Gasteiger partial charge in [0.2, 0.25) is 0 Å². The molecule has 0 heterocycles. The average Bonchev–Trinajstić information content (AvgIpc) is 2.45. The maximum absolute atomic E-state index is 4.02. The molecule has 2 heteroatoms. The second-order valence-electron chi connectivity index (χ2n) is 8.19. The van der Waals surface area contributed by atoms with Crippen LogP contribution in [0, 0.1) is 11.3 Å². The molecule has 2 aliphatic rings. The fourth-order valence-electron chi connectivity index (χ4n) is 4.38. The second kappa shape index (κ2) is 7.05. The molecule has 2 atom stereocenters. The van der Waals surface area contributed by atoms with Crippen LogP contribution in [0.1, 0.15) is 78.6 Å². The summed E-state index contributed by atoms with van der Waals surface area (Å²) >= 11 is 2.13. The minimum atomic E-state index is 0.456. The lowest BCUT2D eigenvalue weighted by Crippen LogP contribution is -2.49. The SMILES string of the molecule is CSC1(CNC2CCCCC2C(C)(C)C)CCCCC1. The van der Waals surface area contributed by atoms with Gasteiger partial charge in [0.1, 0.15) is 0 Å². The van der Waals surface area contributed by atoms with Crippen LogP contribution in [-0.4, -0.2) is 23.6 Å². The molecular formula is C18H35NS. The van der Waals surface area contributed by atoms with Gasteiger partial charge >= 0.3 is 0 Å². The van der Waals surface area contributed by atoms with Crippen LogP contribution in [0.2, 0.25) is 0 Å². The molecule has 20 heavy (non-hydrogen) atoms. The fraction of sp³-hybridized carbons (Fsp3) is 1.00. The lowest BCUT2D eigenvalue weighted by atomic mass is 9.69. The second-order valence-corrected chi connectivity index (χ2v) is 9.47. The first-order valence-corrected chi connectivity index (χ1v) is 9.98. The Labute approximate surface area is 131 Å². The van der Waals surface area contributed by atoms with E-state index in [1.807, 2.05) is 0 Å². The molecule has 2 fully saturated rings. The summed E-state index contributed by atoms with van der Waals surface area (Å²) in [5.74, 6) is 0.860. The molecule has 2 saturated carbocycles. The molecule has 1 N–H and O–H groups in total. The minimum absolute atomic E-state index is 0.456. The van der Waals surface area contributed by atoms with Crippen molar-refractivity contribution in [3.05, 3.63) is 0 Å². The Kier molecular flexibility index (Phi) is 5.88. The van der Waals surface area contributed by atoms with Gasteiger partial charge in [0.25, 0.3) is 0 Å². The largest absolute Gasteiger partial charge is 0.312 e. The van der Waals surface area contributed by atoms with Crippen molar-refractivity contribution >= 4 is 11.8 Å². The summed E-state index contributed by atoms with van der Waals surface area (Å²) in [7, 11) is 0. The third kappa shape index (κ3) is 4.16. The number of nitrogens with one attached hydrogen (secondary N) is 1. The van der Waals surface area contributed by atoms with Gasteiger partial charge in [0.05, 0.1) is 0 Å². The van der Waals surface area contributed by atoms with Gasteiger partial charge in [0.15, 0.2) is 0 Å². The normalized spacial score (nSPS) is 31.2. The van der Waals surface area contributed by atoms with Crippen molar-refractivity contribution in [2.24, 2.45) is 11.3 Å². The zero-order valence-electron chi connectivity index (χ0n) is 14.1. The Balaban J connectivity index is 1.93. The highest BCUT2D eigenvalue weighted by Crippen LogP contribution is 2.41. The highest BCUT2D eigenvalue weighted by molar-refractivity contribution is 8.00. The van der Waals surface area contributed by atoms with E-state index in [1.54, 1.807) is 0 Å². The van der Waals surface area contributed by atoms with Gasteiger partial charge in [-0.1, -0.05) is 52.9 Å². The van der Waals surface area contributed by atoms with Crippen molar-refractivity contribution in [3.63, 3.8) is 0 Å². The Morgan fingerprint density at radius 2 is 1.65 bits per heavy atom. The van der Waals surface area contributed by atoms with Crippen LogP contribution in [-0.2, 0) is 0 Å². The zero-order valence-corrected chi connectivity index (χ0v) is 15.0. The van der Waals surface area contributed by atoms with Crippen molar-refractivity contribution in [1.29, 1.82) is 0 Å². The lowest BCUT2D eigenvalue weighted by Gasteiger charge is -2.44. The smallest absolute Gasteiger partial charge is 0.0281 e. The predicted octanol–water partition coefficient (Wildman–Crippen LogP) is 5.25. The standard InChI is InChI=1S/C18H35NS/c1-17(2,3)15-10-6-7-11-16(15)19-14-18(20-4)12-8-5-9-13-18/h15-16,19H,5-14H2,1-4H3. The molecule has 118 valence electrons. The van der Waals surface area contributed by atoms with E-state index in [9.17, 15) is 0 Å². The number of rotatable bonds is 4. The maximum Gasteiger partial charge on any atom is 0.0281 e. The van der Waals surface area contributed by atoms with Crippen molar-refractivity contribution < 1.29 is 0 Å². The molecule has 1 nitrogen and oxygen atoms in total. The number of hydrogen-bond acceptors (Lipinski definition) is 2. The highest BCUT2D eigenvalue weighted by atomic mass is 32.2. The molecule has 2 unspecified atom stereocenters. The summed E-state index contributed by atoms with van der Waals surface area (Å²) in [6, 6.07) is 0.759. The summed E-state index contributed by atoms with van der Waals surface area (Å²) in [5.41, 5.74) is 0.456. The Morgan fingerprint density at radius 1 is 1.00 bits per heavy atom. The monoisotopic (exact) mass is 297 g/mol. The molecule has 0 bridgehead atoms. The Bertz CT molecular complexity index is 288. The van der Waals surface area contributed by atoms with Crippen LogP contribution < -0.4 is 5.32 Å². The fourth-order valence-corrected chi connectivity index (χ4v) is 5.30. The van der Waals surface area contributed by atoms with Crippen LogP contribution in [0.15, 0.2) is 0 Å². The molecule has 0 radical (unpaired) electrons. The van der Waals surface area contributed by atoms with Crippen LogP contribution in [0.3, 0.4) is 0 Å². The molecule has 0 aromatic rings. The van der Waals surface area contributed by atoms with Gasteiger partial charge in [-0.25, -0.2) is 0 Å². The molecule has 0 aromatic carbocycles. The average molecular weight is 298 g/mol. The van der Waals surface area contributed by atoms with Gasteiger partial charge < -0.3 is 5.32 Å².